The Labute approximate surface area is 201 Å². The summed E-state index contributed by atoms with van der Waals surface area (Å²) in [5.41, 5.74) is 3.59. The molecule has 3 amide bonds. The fourth-order valence-corrected chi connectivity index (χ4v) is 5.34. The van der Waals surface area contributed by atoms with Gasteiger partial charge in [0.25, 0.3) is 5.91 Å². The molecular weight excluding hydrogens is 451 g/mol. The first-order valence-electron chi connectivity index (χ1n) is 11.8. The molecule has 3 aliphatic rings. The van der Waals surface area contributed by atoms with Crippen molar-refractivity contribution in [2.75, 3.05) is 31.1 Å². The number of imidazole rings is 1. The number of anilines is 1. The number of hydrogen-bond acceptors (Lipinski definition) is 6. The van der Waals surface area contributed by atoms with E-state index in [2.05, 4.69) is 21.3 Å². The van der Waals surface area contributed by atoms with Gasteiger partial charge in [0, 0.05) is 75.4 Å². The van der Waals surface area contributed by atoms with Gasteiger partial charge in [-0.2, -0.15) is 0 Å². The number of piperazine rings is 1. The number of carbonyl (C=O) groups excluding carboxylic acids is 3. The van der Waals surface area contributed by atoms with Gasteiger partial charge >= 0.3 is 0 Å². The predicted molar refractivity (Wildman–Crippen MR) is 125 cm³/mol. The van der Waals surface area contributed by atoms with Crippen molar-refractivity contribution in [1.29, 1.82) is 0 Å². The maximum atomic E-state index is 15.1. The van der Waals surface area contributed by atoms with E-state index in [0.29, 0.717) is 29.9 Å². The number of fused-ring (bicyclic) bond motifs is 2. The Bertz CT molecular complexity index is 1350. The van der Waals surface area contributed by atoms with Crippen LogP contribution < -0.4 is 10.2 Å². The van der Waals surface area contributed by atoms with Gasteiger partial charge in [0.1, 0.15) is 17.5 Å². The van der Waals surface area contributed by atoms with E-state index in [9.17, 15) is 14.4 Å². The lowest BCUT2D eigenvalue weighted by molar-refractivity contribution is -0.136. The second kappa shape index (κ2) is 8.46. The van der Waals surface area contributed by atoms with Gasteiger partial charge in [0.15, 0.2) is 0 Å². The normalized spacial score (nSPS) is 21.1. The molecule has 180 valence electrons. The molecule has 10 heteroatoms. The minimum atomic E-state index is -0.706. The van der Waals surface area contributed by atoms with Crippen molar-refractivity contribution in [3.05, 3.63) is 65.4 Å². The van der Waals surface area contributed by atoms with Crippen molar-refractivity contribution in [1.82, 2.24) is 24.5 Å². The molecule has 35 heavy (non-hydrogen) atoms. The lowest BCUT2D eigenvalue weighted by Gasteiger charge is -2.36. The summed E-state index contributed by atoms with van der Waals surface area (Å²) in [6, 6.07) is 6.43. The Morgan fingerprint density at radius 3 is 2.71 bits per heavy atom. The van der Waals surface area contributed by atoms with Gasteiger partial charge in [-0.1, -0.05) is 6.07 Å². The van der Waals surface area contributed by atoms with Crippen LogP contribution in [-0.2, 0) is 22.7 Å². The minimum absolute atomic E-state index is 0.190. The molecule has 1 unspecified atom stereocenters. The second-order valence-electron chi connectivity index (χ2n) is 9.32. The molecule has 0 bridgehead atoms. The zero-order valence-electron chi connectivity index (χ0n) is 19.1. The van der Waals surface area contributed by atoms with E-state index in [-0.39, 0.29) is 31.2 Å². The summed E-state index contributed by atoms with van der Waals surface area (Å²) in [4.78, 5) is 46.9. The standard InChI is InChI=1S/C25H25FN6O3/c26-19-13-18-17(15-32(25(18)35)20-3-4-22(33)28-24(20)34)12-21(19)30-10-8-29(9-11-30)14-16-2-1-6-31-7-5-27-23(16)31/h1-2,5-7,12-13,20H,3-4,8-11,14-15H2,(H,28,33,34). The number of nitrogens with one attached hydrogen (secondary N) is 1. The van der Waals surface area contributed by atoms with Crippen LogP contribution in [0.3, 0.4) is 0 Å². The lowest BCUT2D eigenvalue weighted by atomic mass is 10.0. The monoisotopic (exact) mass is 476 g/mol. The summed E-state index contributed by atoms with van der Waals surface area (Å²) >= 11 is 0. The maximum absolute atomic E-state index is 15.1. The number of amides is 3. The predicted octanol–water partition coefficient (Wildman–Crippen LogP) is 1.56. The fraction of sp³-hybridized carbons (Fsp3) is 0.360. The van der Waals surface area contributed by atoms with E-state index >= 15 is 4.39 Å². The number of hydrogen-bond donors (Lipinski definition) is 1. The zero-order valence-corrected chi connectivity index (χ0v) is 19.1. The molecule has 2 saturated heterocycles. The van der Waals surface area contributed by atoms with Crippen LogP contribution in [0.15, 0.2) is 42.9 Å². The molecular formula is C25H25FN6O3. The van der Waals surface area contributed by atoms with Gasteiger partial charge in [-0.25, -0.2) is 9.37 Å². The van der Waals surface area contributed by atoms with E-state index in [4.69, 9.17) is 0 Å². The first-order chi connectivity index (χ1) is 17.0. The molecule has 2 aromatic heterocycles. The summed E-state index contributed by atoms with van der Waals surface area (Å²) in [7, 11) is 0. The van der Waals surface area contributed by atoms with Crippen LogP contribution in [0.5, 0.6) is 0 Å². The number of nitrogens with zero attached hydrogens (tertiary/aromatic N) is 5. The van der Waals surface area contributed by atoms with E-state index < -0.39 is 17.8 Å². The van der Waals surface area contributed by atoms with Crippen molar-refractivity contribution in [2.24, 2.45) is 0 Å². The van der Waals surface area contributed by atoms with Crippen LogP contribution in [0.1, 0.15) is 34.3 Å². The summed E-state index contributed by atoms with van der Waals surface area (Å²) in [5, 5.41) is 2.29. The first-order valence-corrected chi connectivity index (χ1v) is 11.8. The number of halogens is 1. The highest BCUT2D eigenvalue weighted by Crippen LogP contribution is 2.33. The Hall–Kier alpha value is -3.79. The van der Waals surface area contributed by atoms with Crippen molar-refractivity contribution < 1.29 is 18.8 Å². The molecule has 0 spiro atoms. The van der Waals surface area contributed by atoms with Crippen LogP contribution in [0.25, 0.3) is 5.65 Å². The third-order valence-corrected chi connectivity index (χ3v) is 7.20. The van der Waals surface area contributed by atoms with Crippen LogP contribution in [-0.4, -0.2) is 69.1 Å². The summed E-state index contributed by atoms with van der Waals surface area (Å²) in [6.45, 7) is 3.90. The molecule has 9 nitrogen and oxygen atoms in total. The van der Waals surface area contributed by atoms with Crippen molar-refractivity contribution in [3.8, 4) is 0 Å². The number of pyridine rings is 1. The molecule has 0 saturated carbocycles. The average molecular weight is 477 g/mol. The summed E-state index contributed by atoms with van der Waals surface area (Å²) in [5.74, 6) is -1.59. The van der Waals surface area contributed by atoms with Crippen molar-refractivity contribution >= 4 is 29.1 Å². The van der Waals surface area contributed by atoms with E-state index in [1.165, 1.54) is 11.0 Å². The second-order valence-corrected chi connectivity index (χ2v) is 9.32. The van der Waals surface area contributed by atoms with E-state index in [0.717, 1.165) is 30.8 Å². The molecule has 3 aromatic rings. The average Bonchev–Trinajstić information content (AvgIpc) is 3.45. The molecule has 6 rings (SSSR count). The Kier molecular flexibility index (Phi) is 5.25. The van der Waals surface area contributed by atoms with Gasteiger partial charge < -0.3 is 14.2 Å². The Morgan fingerprint density at radius 2 is 1.91 bits per heavy atom. The number of aromatic nitrogens is 2. The summed E-state index contributed by atoms with van der Waals surface area (Å²) in [6.07, 6.45) is 6.18. The van der Waals surface area contributed by atoms with Gasteiger partial charge in [0.05, 0.1) is 5.69 Å². The highest BCUT2D eigenvalue weighted by Gasteiger charge is 2.40. The van der Waals surface area contributed by atoms with Crippen LogP contribution in [0.4, 0.5) is 10.1 Å². The molecule has 5 heterocycles. The minimum Gasteiger partial charge on any atom is -0.367 e. The fourth-order valence-electron chi connectivity index (χ4n) is 5.34. The highest BCUT2D eigenvalue weighted by atomic mass is 19.1. The van der Waals surface area contributed by atoms with Gasteiger partial charge in [0.2, 0.25) is 11.8 Å². The third kappa shape index (κ3) is 3.83. The molecule has 1 aromatic carbocycles. The largest absolute Gasteiger partial charge is 0.367 e. The Morgan fingerprint density at radius 1 is 1.09 bits per heavy atom. The quantitative estimate of drug-likeness (QED) is 0.575. The zero-order chi connectivity index (χ0) is 24.1. The van der Waals surface area contributed by atoms with Gasteiger partial charge in [-0.05, 0) is 30.2 Å². The molecule has 0 radical (unpaired) electrons. The molecule has 0 aliphatic carbocycles. The Balaban J connectivity index is 1.15. The SMILES string of the molecule is O=C1CCC(N2Cc3cc(N4CCN(Cc5cccn6ccnc56)CC4)c(F)cc3C2=O)C(=O)N1. The first kappa shape index (κ1) is 21.7. The maximum Gasteiger partial charge on any atom is 0.255 e. The van der Waals surface area contributed by atoms with Crippen LogP contribution in [0.2, 0.25) is 0 Å². The number of piperidine rings is 1. The highest BCUT2D eigenvalue weighted by molar-refractivity contribution is 6.05. The number of carbonyl (C=O) groups is 3. The molecule has 1 atom stereocenters. The summed E-state index contributed by atoms with van der Waals surface area (Å²) < 4.78 is 17.1. The number of imide groups is 1. The molecule has 1 N–H and O–H groups in total. The molecule has 3 aliphatic heterocycles. The van der Waals surface area contributed by atoms with E-state index in [1.807, 2.05) is 27.8 Å². The topological polar surface area (TPSA) is 90.3 Å². The van der Waals surface area contributed by atoms with Crippen LogP contribution in [0, 0.1) is 5.82 Å². The third-order valence-electron chi connectivity index (χ3n) is 7.20. The lowest BCUT2D eigenvalue weighted by Crippen LogP contribution is -2.52. The van der Waals surface area contributed by atoms with Gasteiger partial charge in [-0.3, -0.25) is 24.6 Å². The smallest absolute Gasteiger partial charge is 0.255 e. The number of rotatable bonds is 4. The van der Waals surface area contributed by atoms with E-state index in [1.54, 1.807) is 12.3 Å². The van der Waals surface area contributed by atoms with Crippen LogP contribution >= 0.6 is 0 Å². The van der Waals surface area contributed by atoms with Crippen molar-refractivity contribution in [2.45, 2.75) is 32.0 Å². The van der Waals surface area contributed by atoms with Gasteiger partial charge in [-0.15, -0.1) is 0 Å². The van der Waals surface area contributed by atoms with Crippen molar-refractivity contribution in [3.63, 3.8) is 0 Å². The number of benzene rings is 1. The molecule has 2 fully saturated rings.